The molecule has 4 aliphatic rings. The van der Waals surface area contributed by atoms with Crippen molar-refractivity contribution in [3.63, 3.8) is 0 Å². The number of aromatic nitrogens is 3. The van der Waals surface area contributed by atoms with E-state index in [0.29, 0.717) is 11.9 Å². The van der Waals surface area contributed by atoms with Gasteiger partial charge >= 0.3 is 0 Å². The van der Waals surface area contributed by atoms with Crippen LogP contribution in [0.25, 0.3) is 0 Å². The zero-order chi connectivity index (χ0) is 37.0. The van der Waals surface area contributed by atoms with Crippen molar-refractivity contribution < 1.29 is 9.68 Å². The van der Waals surface area contributed by atoms with Crippen LogP contribution in [0.3, 0.4) is 0 Å². The molecule has 0 spiro atoms. The molecule has 2 saturated heterocycles. The second-order valence-corrected chi connectivity index (χ2v) is 18.6. The van der Waals surface area contributed by atoms with Gasteiger partial charge in [-0.05, 0) is 144 Å². The first-order valence-electron chi connectivity index (χ1n) is 20.3. The van der Waals surface area contributed by atoms with Crippen LogP contribution in [0, 0.1) is 0 Å². The normalized spacial score (nSPS) is 26.7. The third-order valence-corrected chi connectivity index (χ3v) is 11.7. The molecule has 288 valence electrons. The predicted molar refractivity (Wildman–Crippen MR) is 211 cm³/mol. The van der Waals surface area contributed by atoms with E-state index in [4.69, 9.17) is 36.2 Å². The lowest BCUT2D eigenvalue weighted by Crippen LogP contribution is -2.65. The SMILES string of the molecule is CCCCN(c1nc(Cl)nc(N(CCCC)C2CC(C)(C)N(OC3C=CCCC3)C(C)(C)C2)n1)C1CC(C)(C)N(OC2C=CCCC2)C(C)(C)C1. The van der Waals surface area contributed by atoms with Crippen LogP contribution in [0.5, 0.6) is 0 Å². The van der Waals surface area contributed by atoms with Crippen LogP contribution in [-0.2, 0) is 9.68 Å². The number of rotatable bonds is 14. The monoisotopic (exact) mass is 728 g/mol. The molecule has 0 bridgehead atoms. The maximum atomic E-state index is 6.89. The molecule has 9 nitrogen and oxygen atoms in total. The Bertz CT molecular complexity index is 1210. The molecule has 1 aromatic heterocycles. The van der Waals surface area contributed by atoms with Gasteiger partial charge in [-0.3, -0.25) is 9.68 Å². The van der Waals surface area contributed by atoms with Gasteiger partial charge in [0.15, 0.2) is 0 Å². The number of hydrogen-bond acceptors (Lipinski definition) is 9. The van der Waals surface area contributed by atoms with Crippen LogP contribution in [0.2, 0.25) is 5.28 Å². The molecule has 51 heavy (non-hydrogen) atoms. The van der Waals surface area contributed by atoms with E-state index >= 15 is 0 Å². The second-order valence-electron chi connectivity index (χ2n) is 18.3. The summed E-state index contributed by atoms with van der Waals surface area (Å²) in [5.74, 6) is 1.40. The van der Waals surface area contributed by atoms with E-state index in [2.05, 4.69) is 113 Å². The average molecular weight is 729 g/mol. The molecule has 0 N–H and O–H groups in total. The summed E-state index contributed by atoms with van der Waals surface area (Å²) in [6.07, 6.45) is 24.2. The van der Waals surface area contributed by atoms with Gasteiger partial charge in [0, 0.05) is 47.3 Å². The van der Waals surface area contributed by atoms with Crippen molar-refractivity contribution in [3.8, 4) is 0 Å². The molecular formula is C41H70ClN7O2. The summed E-state index contributed by atoms with van der Waals surface area (Å²) in [6.45, 7) is 24.9. The predicted octanol–water partition coefficient (Wildman–Crippen LogP) is 9.86. The third kappa shape index (κ3) is 9.86. The number of hydroxylamine groups is 4. The minimum absolute atomic E-state index is 0.140. The van der Waals surface area contributed by atoms with E-state index in [1.165, 1.54) is 12.8 Å². The minimum atomic E-state index is -0.185. The standard InChI is InChI=1S/C41H70ClN7O2/c1-11-13-25-46(31-27-38(3,4)48(39(5,6)28-31)50-33-21-17-15-18-22-33)36-43-35(42)44-37(45-36)47(26-14-12-2)32-29-40(7,8)49(41(9,10)30-32)51-34-23-19-16-20-24-34/h17,19,21,23,31-34H,11-16,18,20,22,24-30H2,1-10H3. The quantitative estimate of drug-likeness (QED) is 0.174. The van der Waals surface area contributed by atoms with Gasteiger partial charge in [-0.15, -0.1) is 0 Å². The summed E-state index contributed by atoms with van der Waals surface area (Å²) >= 11 is 6.89. The summed E-state index contributed by atoms with van der Waals surface area (Å²) in [5, 5.41) is 4.87. The first-order valence-corrected chi connectivity index (χ1v) is 20.7. The van der Waals surface area contributed by atoms with Crippen molar-refractivity contribution >= 4 is 23.5 Å². The molecule has 0 amide bonds. The van der Waals surface area contributed by atoms with Gasteiger partial charge < -0.3 is 9.80 Å². The number of unbranched alkanes of at least 4 members (excludes halogenated alkanes) is 2. The lowest BCUT2D eigenvalue weighted by molar-refractivity contribution is -0.299. The van der Waals surface area contributed by atoms with Crippen molar-refractivity contribution in [2.45, 2.75) is 206 Å². The summed E-state index contributed by atoms with van der Waals surface area (Å²) in [7, 11) is 0. The Balaban J connectivity index is 1.43. The van der Waals surface area contributed by atoms with Crippen LogP contribution in [0.1, 0.15) is 159 Å². The van der Waals surface area contributed by atoms with E-state index in [0.717, 1.165) is 90.1 Å². The van der Waals surface area contributed by atoms with Gasteiger partial charge in [0.05, 0.1) is 12.2 Å². The smallest absolute Gasteiger partial charge is 0.231 e. The van der Waals surface area contributed by atoms with Gasteiger partial charge in [0.2, 0.25) is 17.2 Å². The number of hydrogen-bond donors (Lipinski definition) is 0. The number of nitrogens with zero attached hydrogens (tertiary/aromatic N) is 7. The number of anilines is 2. The van der Waals surface area contributed by atoms with Crippen molar-refractivity contribution in [2.75, 3.05) is 22.9 Å². The van der Waals surface area contributed by atoms with E-state index < -0.39 is 0 Å². The first kappa shape index (κ1) is 40.4. The van der Waals surface area contributed by atoms with Crippen molar-refractivity contribution in [3.05, 3.63) is 29.6 Å². The van der Waals surface area contributed by atoms with Crippen molar-refractivity contribution in [2.24, 2.45) is 0 Å². The van der Waals surface area contributed by atoms with Crippen molar-refractivity contribution in [1.82, 2.24) is 25.1 Å². The third-order valence-electron chi connectivity index (χ3n) is 11.5. The van der Waals surface area contributed by atoms with Gasteiger partial charge in [-0.25, -0.2) is 0 Å². The van der Waals surface area contributed by atoms with E-state index in [-0.39, 0.29) is 51.7 Å². The van der Waals surface area contributed by atoms with Gasteiger partial charge in [-0.1, -0.05) is 51.0 Å². The van der Waals surface area contributed by atoms with Gasteiger partial charge in [0.1, 0.15) is 0 Å². The lowest BCUT2D eigenvalue weighted by atomic mass is 9.78. The molecule has 3 heterocycles. The fourth-order valence-corrected chi connectivity index (χ4v) is 9.73. The molecule has 0 radical (unpaired) electrons. The maximum Gasteiger partial charge on any atom is 0.231 e. The summed E-state index contributed by atoms with van der Waals surface area (Å²) in [4.78, 5) is 33.5. The minimum Gasteiger partial charge on any atom is -0.338 e. The molecule has 0 saturated carbocycles. The highest BCUT2D eigenvalue weighted by atomic mass is 35.5. The first-order chi connectivity index (χ1) is 24.1. The van der Waals surface area contributed by atoms with Crippen LogP contribution in [-0.4, -0.2) is 84.6 Å². The number of piperidine rings is 2. The van der Waals surface area contributed by atoms with Crippen LogP contribution < -0.4 is 9.80 Å². The Labute approximate surface area is 315 Å². The highest BCUT2D eigenvalue weighted by molar-refractivity contribution is 6.28. The van der Waals surface area contributed by atoms with Crippen LogP contribution >= 0.6 is 11.6 Å². The molecule has 2 unspecified atom stereocenters. The molecule has 10 heteroatoms. The van der Waals surface area contributed by atoms with Crippen molar-refractivity contribution in [1.29, 1.82) is 0 Å². The molecule has 5 rings (SSSR count). The zero-order valence-electron chi connectivity index (χ0n) is 33.8. The molecular weight excluding hydrogens is 658 g/mol. The number of halogens is 1. The molecule has 2 atom stereocenters. The fraction of sp³-hybridized carbons (Fsp3) is 0.829. The van der Waals surface area contributed by atoms with E-state index in [1.54, 1.807) is 0 Å². The zero-order valence-corrected chi connectivity index (χ0v) is 34.5. The topological polar surface area (TPSA) is 70.1 Å². The van der Waals surface area contributed by atoms with Gasteiger partial charge in [0.25, 0.3) is 0 Å². The number of allylic oxidation sites excluding steroid dienone is 2. The summed E-state index contributed by atoms with van der Waals surface area (Å²) in [5.41, 5.74) is -0.740. The summed E-state index contributed by atoms with van der Waals surface area (Å²) in [6, 6.07) is 0.455. The largest absolute Gasteiger partial charge is 0.338 e. The Morgan fingerprint density at radius 2 is 1.02 bits per heavy atom. The second kappa shape index (κ2) is 16.7. The maximum absolute atomic E-state index is 6.89. The molecule has 2 fully saturated rings. The Hall–Kier alpha value is -1.78. The summed E-state index contributed by atoms with van der Waals surface area (Å²) < 4.78 is 0. The highest BCUT2D eigenvalue weighted by Gasteiger charge is 2.51. The van der Waals surface area contributed by atoms with E-state index in [9.17, 15) is 0 Å². The Kier molecular flexibility index (Phi) is 13.2. The van der Waals surface area contributed by atoms with Gasteiger partial charge in [-0.2, -0.15) is 25.1 Å². The molecule has 2 aliphatic heterocycles. The fourth-order valence-electron chi connectivity index (χ4n) is 9.58. The van der Waals surface area contributed by atoms with Crippen LogP contribution in [0.4, 0.5) is 11.9 Å². The highest BCUT2D eigenvalue weighted by Crippen LogP contribution is 2.44. The van der Waals surface area contributed by atoms with E-state index in [1.807, 2.05) is 0 Å². The molecule has 0 aromatic carbocycles. The Morgan fingerprint density at radius 1 is 0.647 bits per heavy atom. The van der Waals surface area contributed by atoms with Crippen LogP contribution in [0.15, 0.2) is 24.3 Å². The molecule has 1 aromatic rings. The molecule has 2 aliphatic carbocycles. The average Bonchev–Trinajstić information content (AvgIpc) is 3.05. The lowest BCUT2D eigenvalue weighted by Gasteiger charge is -2.56. The Morgan fingerprint density at radius 3 is 1.33 bits per heavy atom.